The lowest BCUT2D eigenvalue weighted by molar-refractivity contribution is 0.414. The molecule has 0 heterocycles. The molecule has 0 amide bonds. The molecule has 0 radical (unpaired) electrons. The second-order valence-electron chi connectivity index (χ2n) is 2.77. The molecule has 1 aromatic rings. The van der Waals surface area contributed by atoms with Crippen LogP contribution in [0, 0.1) is 0 Å². The molecular weight excluding hydrogens is 162 g/mol. The van der Waals surface area contributed by atoms with Crippen LogP contribution in [0.4, 0.5) is 5.69 Å². The van der Waals surface area contributed by atoms with Crippen molar-refractivity contribution in [2.75, 3.05) is 19.5 Å². The maximum absolute atomic E-state index is 5.14. The van der Waals surface area contributed by atoms with E-state index in [0.29, 0.717) is 0 Å². The lowest BCUT2D eigenvalue weighted by Gasteiger charge is -2.08. The summed E-state index contributed by atoms with van der Waals surface area (Å²) in [6.07, 6.45) is 2.74. The van der Waals surface area contributed by atoms with Gasteiger partial charge in [-0.05, 0) is 30.2 Å². The molecule has 0 fully saturated rings. The molecule has 1 aromatic carbocycles. The van der Waals surface area contributed by atoms with Crippen molar-refractivity contribution in [3.63, 3.8) is 0 Å². The number of allylic oxidation sites excluding steroid dienone is 1. The Labute approximate surface area is 79.2 Å². The van der Waals surface area contributed by atoms with Gasteiger partial charge in [-0.1, -0.05) is 6.08 Å². The third-order valence-corrected chi connectivity index (χ3v) is 1.95. The van der Waals surface area contributed by atoms with Crippen molar-refractivity contribution in [2.45, 2.75) is 6.42 Å². The van der Waals surface area contributed by atoms with Gasteiger partial charge in [-0.25, -0.2) is 0 Å². The Morgan fingerprint density at radius 2 is 2.31 bits per heavy atom. The van der Waals surface area contributed by atoms with Crippen molar-refractivity contribution in [1.82, 2.24) is 0 Å². The van der Waals surface area contributed by atoms with E-state index in [-0.39, 0.29) is 0 Å². The van der Waals surface area contributed by atoms with Crippen LogP contribution in [0.3, 0.4) is 0 Å². The molecule has 1 rings (SSSR count). The maximum Gasteiger partial charge on any atom is 0.119 e. The summed E-state index contributed by atoms with van der Waals surface area (Å²) in [5.41, 5.74) is 2.33. The number of methoxy groups -OCH3 is 1. The van der Waals surface area contributed by atoms with E-state index in [0.717, 1.165) is 17.9 Å². The van der Waals surface area contributed by atoms with Crippen molar-refractivity contribution < 1.29 is 4.74 Å². The predicted molar refractivity (Wildman–Crippen MR) is 56.4 cm³/mol. The highest BCUT2D eigenvalue weighted by Crippen LogP contribution is 2.22. The van der Waals surface area contributed by atoms with E-state index in [1.807, 2.05) is 31.3 Å². The first-order chi connectivity index (χ1) is 6.31. The minimum atomic E-state index is 0.855. The molecule has 2 nitrogen and oxygen atoms in total. The van der Waals surface area contributed by atoms with E-state index in [9.17, 15) is 0 Å². The van der Waals surface area contributed by atoms with Gasteiger partial charge in [0.15, 0.2) is 0 Å². The van der Waals surface area contributed by atoms with Crippen molar-refractivity contribution in [1.29, 1.82) is 0 Å². The molecule has 0 saturated carbocycles. The monoisotopic (exact) mass is 177 g/mol. The lowest BCUT2D eigenvalue weighted by Crippen LogP contribution is -1.95. The summed E-state index contributed by atoms with van der Waals surface area (Å²) >= 11 is 0. The van der Waals surface area contributed by atoms with Crippen LogP contribution in [0.5, 0.6) is 5.75 Å². The molecule has 0 spiro atoms. The third-order valence-electron chi connectivity index (χ3n) is 1.95. The molecule has 0 unspecified atom stereocenters. The van der Waals surface area contributed by atoms with Gasteiger partial charge in [-0.15, -0.1) is 6.58 Å². The molecule has 0 aliphatic carbocycles. The van der Waals surface area contributed by atoms with Crippen LogP contribution < -0.4 is 10.1 Å². The zero-order valence-corrected chi connectivity index (χ0v) is 8.13. The fourth-order valence-electron chi connectivity index (χ4n) is 1.27. The predicted octanol–water partition coefficient (Wildman–Crippen LogP) is 2.47. The summed E-state index contributed by atoms with van der Waals surface area (Å²) in [7, 11) is 3.58. The molecular formula is C11H15NO. The van der Waals surface area contributed by atoms with Crippen molar-refractivity contribution in [2.24, 2.45) is 0 Å². The molecule has 0 saturated heterocycles. The average molecular weight is 177 g/mol. The summed E-state index contributed by atoms with van der Waals surface area (Å²) in [5.74, 6) is 0.885. The van der Waals surface area contributed by atoms with Gasteiger partial charge < -0.3 is 10.1 Å². The Bertz CT molecular complexity index is 294. The Morgan fingerprint density at radius 1 is 1.54 bits per heavy atom. The van der Waals surface area contributed by atoms with Crippen LogP contribution >= 0.6 is 0 Å². The first-order valence-electron chi connectivity index (χ1n) is 4.27. The van der Waals surface area contributed by atoms with Gasteiger partial charge in [0, 0.05) is 12.7 Å². The van der Waals surface area contributed by atoms with E-state index in [2.05, 4.69) is 11.9 Å². The molecule has 1 N–H and O–H groups in total. The van der Waals surface area contributed by atoms with Crippen LogP contribution in [-0.2, 0) is 6.42 Å². The molecule has 0 atom stereocenters. The van der Waals surface area contributed by atoms with E-state index >= 15 is 0 Å². The molecule has 0 aliphatic heterocycles. The second-order valence-corrected chi connectivity index (χ2v) is 2.77. The normalized spacial score (nSPS) is 9.38. The van der Waals surface area contributed by atoms with Gasteiger partial charge in [-0.2, -0.15) is 0 Å². The summed E-state index contributed by atoms with van der Waals surface area (Å²) in [5, 5.41) is 3.13. The number of rotatable bonds is 4. The first-order valence-corrected chi connectivity index (χ1v) is 4.27. The van der Waals surface area contributed by atoms with E-state index in [4.69, 9.17) is 4.74 Å². The number of nitrogens with one attached hydrogen (secondary N) is 1. The first kappa shape index (κ1) is 9.65. The third kappa shape index (κ3) is 2.25. The zero-order valence-electron chi connectivity index (χ0n) is 8.13. The molecule has 70 valence electrons. The summed E-state index contributed by atoms with van der Waals surface area (Å²) in [6, 6.07) is 5.98. The number of ether oxygens (including phenoxy) is 1. The molecule has 0 aliphatic rings. The van der Waals surface area contributed by atoms with Crippen LogP contribution in [0.25, 0.3) is 0 Å². The minimum Gasteiger partial charge on any atom is -0.497 e. The summed E-state index contributed by atoms with van der Waals surface area (Å²) in [6.45, 7) is 3.72. The van der Waals surface area contributed by atoms with Gasteiger partial charge >= 0.3 is 0 Å². The molecule has 0 aromatic heterocycles. The number of hydrogen-bond donors (Lipinski definition) is 1. The zero-order chi connectivity index (χ0) is 9.68. The quantitative estimate of drug-likeness (QED) is 0.713. The van der Waals surface area contributed by atoms with Gasteiger partial charge in [-0.3, -0.25) is 0 Å². The van der Waals surface area contributed by atoms with Crippen molar-refractivity contribution in [3.8, 4) is 5.75 Å². The largest absolute Gasteiger partial charge is 0.497 e. The van der Waals surface area contributed by atoms with E-state index in [1.165, 1.54) is 5.56 Å². The molecule has 13 heavy (non-hydrogen) atoms. The van der Waals surface area contributed by atoms with Crippen molar-refractivity contribution >= 4 is 5.69 Å². The average Bonchev–Trinajstić information content (AvgIpc) is 2.18. The number of benzene rings is 1. The fourth-order valence-corrected chi connectivity index (χ4v) is 1.27. The lowest BCUT2D eigenvalue weighted by atomic mass is 10.1. The minimum absolute atomic E-state index is 0.855. The van der Waals surface area contributed by atoms with Crippen LogP contribution in [0.15, 0.2) is 30.9 Å². The second kappa shape index (κ2) is 4.55. The van der Waals surface area contributed by atoms with Crippen LogP contribution in [0.2, 0.25) is 0 Å². The van der Waals surface area contributed by atoms with Gasteiger partial charge in [0.05, 0.1) is 7.11 Å². The molecule has 2 heteroatoms. The number of hydrogen-bond acceptors (Lipinski definition) is 2. The summed E-state index contributed by atoms with van der Waals surface area (Å²) in [4.78, 5) is 0. The fraction of sp³-hybridized carbons (Fsp3) is 0.273. The van der Waals surface area contributed by atoms with Crippen molar-refractivity contribution in [3.05, 3.63) is 36.4 Å². The molecule has 0 bridgehead atoms. The highest BCUT2D eigenvalue weighted by atomic mass is 16.5. The van der Waals surface area contributed by atoms with Gasteiger partial charge in [0.25, 0.3) is 0 Å². The highest BCUT2D eigenvalue weighted by Gasteiger charge is 2.00. The SMILES string of the molecule is C=CCc1cc(OC)ccc1NC. The Balaban J connectivity index is 3.01. The van der Waals surface area contributed by atoms with Gasteiger partial charge in [0.2, 0.25) is 0 Å². The van der Waals surface area contributed by atoms with E-state index < -0.39 is 0 Å². The Morgan fingerprint density at radius 3 is 2.85 bits per heavy atom. The van der Waals surface area contributed by atoms with Crippen LogP contribution in [0.1, 0.15) is 5.56 Å². The van der Waals surface area contributed by atoms with Crippen LogP contribution in [-0.4, -0.2) is 14.2 Å². The standard InChI is InChI=1S/C11H15NO/c1-4-5-9-8-10(13-3)6-7-11(9)12-2/h4,6-8,12H,1,5H2,2-3H3. The smallest absolute Gasteiger partial charge is 0.119 e. The highest BCUT2D eigenvalue weighted by molar-refractivity contribution is 5.54. The van der Waals surface area contributed by atoms with Gasteiger partial charge in [0.1, 0.15) is 5.75 Å². The topological polar surface area (TPSA) is 21.3 Å². The summed E-state index contributed by atoms with van der Waals surface area (Å²) < 4.78 is 5.14. The Hall–Kier alpha value is -1.44. The maximum atomic E-state index is 5.14. The van der Waals surface area contributed by atoms with E-state index in [1.54, 1.807) is 7.11 Å². The number of anilines is 1. The Kier molecular flexibility index (Phi) is 3.38.